The zero-order valence-electron chi connectivity index (χ0n) is 13.6. The molecule has 0 saturated carbocycles. The molecule has 10 fully saturated rings. The second-order valence-corrected chi connectivity index (χ2v) is 36.6. The number of hydrogen-bond acceptors (Lipinski definition) is 2. The van der Waals surface area contributed by atoms with Crippen LogP contribution in [0.3, 0.4) is 0 Å². The minimum absolute atomic E-state index is 0.227. The van der Waals surface area contributed by atoms with E-state index in [4.69, 9.17) is 4.42 Å². The van der Waals surface area contributed by atoms with Crippen LogP contribution < -0.4 is 5.43 Å². The molecule has 11 heterocycles. The van der Waals surface area contributed by atoms with E-state index in [0.717, 1.165) is 20.6 Å². The van der Waals surface area contributed by atoms with E-state index in [9.17, 15) is 4.79 Å². The Morgan fingerprint density at radius 2 is 1.46 bits per heavy atom. The normalized spacial score (nSPS) is 88.0. The first-order valence-corrected chi connectivity index (χ1v) is 15.9. The molecule has 12 rings (SSSR count). The molecule has 24 heavy (non-hydrogen) atoms. The van der Waals surface area contributed by atoms with Crippen molar-refractivity contribution in [1.82, 2.24) is 0 Å². The molecule has 2 aromatic rings. The molecule has 3 heteroatoms. The summed E-state index contributed by atoms with van der Waals surface area (Å²) in [5.74, 6) is 1.22. The van der Waals surface area contributed by atoms with E-state index in [1.165, 1.54) is 50.6 Å². The average molecular weight is 358 g/mol. The molecular formula is C21H18FeO2. The summed E-state index contributed by atoms with van der Waals surface area (Å²) in [6.45, 7) is 0.989. The Kier molecular flexibility index (Phi) is 0.393. The van der Waals surface area contributed by atoms with E-state index in [-0.39, 0.29) is 5.43 Å². The predicted octanol–water partition coefficient (Wildman–Crippen LogP) is 5.21. The van der Waals surface area contributed by atoms with Gasteiger partial charge < -0.3 is 0 Å². The SMILES string of the molecule is Cc1cc2oc([C]34[CH]5[CH]6[CH]7[CH]3[Fe]6754389%10[CH]4[CH]3[CH]8[CH]9[CH]4%10)cc(=O)c2cc1C. The van der Waals surface area contributed by atoms with Crippen molar-refractivity contribution >= 4 is 11.0 Å². The molecule has 4 unspecified atom stereocenters. The number of rotatable bonds is 1. The molecular weight excluding hydrogens is 340 g/mol. The molecule has 1 spiro atoms. The summed E-state index contributed by atoms with van der Waals surface area (Å²) in [5.41, 5.74) is 3.54. The van der Waals surface area contributed by atoms with Crippen molar-refractivity contribution in [2.24, 2.45) is 0 Å². The maximum absolute atomic E-state index is 12.9. The molecule has 0 bridgehead atoms. The van der Waals surface area contributed by atoms with Gasteiger partial charge in [-0.2, -0.15) is 0 Å². The quantitative estimate of drug-likeness (QED) is 0.656. The van der Waals surface area contributed by atoms with E-state index in [2.05, 4.69) is 19.9 Å². The third-order valence-electron chi connectivity index (χ3n) is 17.4. The van der Waals surface area contributed by atoms with Gasteiger partial charge in [-0.3, -0.25) is 0 Å². The second-order valence-electron chi connectivity index (χ2n) is 13.1. The van der Waals surface area contributed by atoms with Crippen LogP contribution in [0.1, 0.15) is 16.9 Å². The van der Waals surface area contributed by atoms with Gasteiger partial charge in [-0.05, 0) is 0 Å². The maximum atomic E-state index is 12.9. The Labute approximate surface area is 128 Å². The molecule has 0 N–H and O–H groups in total. The topological polar surface area (TPSA) is 30.2 Å². The zero-order valence-corrected chi connectivity index (χ0v) is 14.7. The van der Waals surface area contributed by atoms with Crippen LogP contribution >= 0.6 is 0 Å². The van der Waals surface area contributed by atoms with Crippen molar-refractivity contribution in [1.29, 1.82) is 0 Å². The summed E-state index contributed by atoms with van der Waals surface area (Å²) >= 11 is 0. The van der Waals surface area contributed by atoms with Crippen molar-refractivity contribution in [3.8, 4) is 0 Å². The monoisotopic (exact) mass is 358 g/mol. The van der Waals surface area contributed by atoms with E-state index >= 15 is 0 Å². The van der Waals surface area contributed by atoms with Gasteiger partial charge in [0.25, 0.3) is 0 Å². The summed E-state index contributed by atoms with van der Waals surface area (Å²) in [6, 6.07) is 6.15. The summed E-state index contributed by atoms with van der Waals surface area (Å²) in [5, 5.41) is 0.800. The predicted molar refractivity (Wildman–Crippen MR) is 87.4 cm³/mol. The van der Waals surface area contributed by atoms with Gasteiger partial charge in [0.05, 0.1) is 0 Å². The fraction of sp³-hybridized carbons (Fsp3) is 0.571. The zero-order chi connectivity index (χ0) is 15.3. The van der Waals surface area contributed by atoms with Gasteiger partial charge in [0.1, 0.15) is 0 Å². The summed E-state index contributed by atoms with van der Waals surface area (Å²) < 4.78 is 7.19. The van der Waals surface area contributed by atoms with Crippen molar-refractivity contribution in [2.75, 3.05) is 0 Å². The van der Waals surface area contributed by atoms with Crippen LogP contribution in [0.4, 0.5) is 0 Å². The number of aryl methyl sites for hydroxylation is 2. The number of fused-ring (bicyclic) bond motifs is 11. The Bertz CT molecular complexity index is 1550. The van der Waals surface area contributed by atoms with Crippen LogP contribution in [0.2, 0.25) is 43.3 Å². The van der Waals surface area contributed by atoms with E-state index in [1.54, 1.807) is 0 Å². The Hall–Kier alpha value is -1.05. The van der Waals surface area contributed by atoms with Crippen molar-refractivity contribution in [2.45, 2.75) is 61.5 Å². The molecule has 4 atom stereocenters. The minimum atomic E-state index is -3.23. The standard InChI is InChI=1S/C16H13O2.C5H5.Fe/c1-10-7-13-14(17)9-15(12-5-3-4-6-12)18-16(13)8-11(10)2;1-2-4-5-3-1;/h3-9H,1-2H3;1-5H;. The van der Waals surface area contributed by atoms with E-state index in [0.29, 0.717) is 4.31 Å². The van der Waals surface area contributed by atoms with Crippen molar-refractivity contribution < 1.29 is 10.9 Å². The summed E-state index contributed by atoms with van der Waals surface area (Å²) in [4.78, 5) is 24.2. The van der Waals surface area contributed by atoms with Crippen molar-refractivity contribution in [3.63, 3.8) is 0 Å². The Morgan fingerprint density at radius 3 is 1.96 bits per heavy atom. The molecule has 2 nitrogen and oxygen atoms in total. The van der Waals surface area contributed by atoms with Gasteiger partial charge in [0, 0.05) is 0 Å². The van der Waals surface area contributed by atoms with Crippen LogP contribution in [-0.4, -0.2) is 0 Å². The Balaban J connectivity index is 1.33. The fourth-order valence-electron chi connectivity index (χ4n) is 18.5. The molecule has 10 aliphatic heterocycles. The molecule has 1 aromatic heterocycles. The molecule has 10 saturated heterocycles. The van der Waals surface area contributed by atoms with Crippen LogP contribution in [-0.2, 0) is 10.8 Å². The Morgan fingerprint density at radius 1 is 0.875 bits per heavy atom. The number of benzene rings is 1. The van der Waals surface area contributed by atoms with Gasteiger partial charge in [-0.25, -0.2) is 0 Å². The van der Waals surface area contributed by atoms with E-state index < -0.39 is 6.51 Å². The second kappa shape index (κ2) is 0.984. The third kappa shape index (κ3) is 0.138. The van der Waals surface area contributed by atoms with Gasteiger partial charge >= 0.3 is 129 Å². The van der Waals surface area contributed by atoms with Crippen molar-refractivity contribution in [3.05, 3.63) is 45.3 Å². The van der Waals surface area contributed by atoms with Gasteiger partial charge in [-0.15, -0.1) is 0 Å². The van der Waals surface area contributed by atoms with Gasteiger partial charge in [0.2, 0.25) is 0 Å². The molecule has 10 aliphatic rings. The van der Waals surface area contributed by atoms with Gasteiger partial charge in [0.15, 0.2) is 0 Å². The first kappa shape index (κ1) is 9.59. The van der Waals surface area contributed by atoms with Crippen LogP contribution in [0.25, 0.3) is 11.0 Å². The number of hydrogen-bond donors (Lipinski definition) is 0. The molecule has 122 valence electrons. The molecule has 1 aromatic carbocycles. The molecule has 0 amide bonds. The molecule has 0 radical (unpaired) electrons. The average Bonchev–Trinajstić information content (AvgIpc) is 3.49. The van der Waals surface area contributed by atoms with Gasteiger partial charge in [-0.1, -0.05) is 0 Å². The summed E-state index contributed by atoms with van der Waals surface area (Å²) in [6.07, 6.45) is 0. The van der Waals surface area contributed by atoms with Crippen LogP contribution in [0, 0.1) is 13.8 Å². The first-order valence-electron chi connectivity index (χ1n) is 9.60. The summed E-state index contributed by atoms with van der Waals surface area (Å²) in [7, 11) is 0. The van der Waals surface area contributed by atoms with Crippen LogP contribution in [0.5, 0.6) is 0 Å². The third-order valence-corrected chi connectivity index (χ3v) is 59.7. The first-order chi connectivity index (χ1) is 11.3. The van der Waals surface area contributed by atoms with Crippen LogP contribution in [0.15, 0.2) is 27.4 Å². The van der Waals surface area contributed by atoms with E-state index in [1.807, 2.05) is 12.1 Å². The molecule has 0 aliphatic carbocycles. The fourth-order valence-corrected chi connectivity index (χ4v) is 92.4.